The Kier molecular flexibility index (Phi) is 14.7. The average Bonchev–Trinajstić information content (AvgIpc) is 2.74. The normalized spacial score (nSPS) is 10.3. The summed E-state index contributed by atoms with van der Waals surface area (Å²) in [6, 6.07) is 7.38. The highest BCUT2D eigenvalue weighted by Gasteiger charge is 1.97. The lowest BCUT2D eigenvalue weighted by Crippen LogP contribution is -2.23. The molecule has 2 aromatic rings. The number of unbranched alkanes of at least 4 members (excludes halogenated alkanes) is 3. The van der Waals surface area contributed by atoms with Gasteiger partial charge in [0.1, 0.15) is 0 Å². The Morgan fingerprint density at radius 2 is 1.03 bits per heavy atom. The molecule has 0 aromatic carbocycles. The van der Waals surface area contributed by atoms with Crippen LogP contribution in [0.3, 0.4) is 0 Å². The number of carbonyl (C=O) groups excluding carboxylic acids is 2. The van der Waals surface area contributed by atoms with Gasteiger partial charge in [0.25, 0.3) is 0 Å². The van der Waals surface area contributed by atoms with Crippen molar-refractivity contribution in [2.45, 2.75) is 25.7 Å². The lowest BCUT2D eigenvalue weighted by Gasteiger charge is -2.04. The molecule has 2 rings (SSSR count). The largest absolute Gasteiger partial charge is 0.412 e. The molecule has 0 spiro atoms. The molecular formula is C22H30N4O4. The molecule has 0 radical (unpaired) electrons. The number of rotatable bonds is 11. The highest BCUT2D eigenvalue weighted by Crippen LogP contribution is 2.01. The van der Waals surface area contributed by atoms with Crippen LogP contribution >= 0.6 is 0 Å². The lowest BCUT2D eigenvalue weighted by molar-refractivity contribution is -0.117. The summed E-state index contributed by atoms with van der Waals surface area (Å²) in [4.78, 5) is 31.3. The first-order chi connectivity index (χ1) is 13.7. The van der Waals surface area contributed by atoms with Crippen molar-refractivity contribution in [2.24, 2.45) is 0 Å². The molecule has 0 aliphatic heterocycles. The van der Waals surface area contributed by atoms with Crippen molar-refractivity contribution in [1.29, 1.82) is 0 Å². The molecule has 0 aliphatic carbocycles. The summed E-state index contributed by atoms with van der Waals surface area (Å²) in [5, 5.41) is 5.74. The molecule has 6 N–H and O–H groups in total. The molecule has 0 saturated carbocycles. The van der Waals surface area contributed by atoms with Crippen molar-refractivity contribution in [3.8, 4) is 0 Å². The predicted octanol–water partition coefficient (Wildman–Crippen LogP) is 1.35. The minimum Gasteiger partial charge on any atom is -0.412 e. The Morgan fingerprint density at radius 1 is 0.667 bits per heavy atom. The van der Waals surface area contributed by atoms with Gasteiger partial charge in [-0.3, -0.25) is 19.6 Å². The van der Waals surface area contributed by atoms with E-state index < -0.39 is 0 Å². The summed E-state index contributed by atoms with van der Waals surface area (Å²) in [7, 11) is 0. The van der Waals surface area contributed by atoms with E-state index in [1.807, 2.05) is 24.3 Å². The SMILES string of the molecule is O.O.O=C(/C=C/c1ccncc1)NCCCCCCNC(=O)/C=C/c1ccncc1. The number of nitrogens with zero attached hydrogens (tertiary/aromatic N) is 2. The van der Waals surface area contributed by atoms with Gasteiger partial charge in [0.15, 0.2) is 0 Å². The minimum absolute atomic E-state index is 0. The maximum Gasteiger partial charge on any atom is 0.243 e. The Labute approximate surface area is 176 Å². The fraction of sp³-hybridized carbons (Fsp3) is 0.273. The van der Waals surface area contributed by atoms with Crippen molar-refractivity contribution in [2.75, 3.05) is 13.1 Å². The lowest BCUT2D eigenvalue weighted by atomic mass is 10.2. The predicted molar refractivity (Wildman–Crippen MR) is 118 cm³/mol. The molecule has 0 fully saturated rings. The monoisotopic (exact) mass is 414 g/mol. The van der Waals surface area contributed by atoms with Crippen LogP contribution in [0.15, 0.2) is 61.2 Å². The second-order valence-electron chi connectivity index (χ2n) is 6.22. The van der Waals surface area contributed by atoms with Gasteiger partial charge in [0.2, 0.25) is 11.8 Å². The summed E-state index contributed by atoms with van der Waals surface area (Å²) in [5.74, 6) is -0.185. The third-order valence-corrected chi connectivity index (χ3v) is 3.97. The summed E-state index contributed by atoms with van der Waals surface area (Å²) in [5.41, 5.74) is 1.89. The fourth-order valence-corrected chi connectivity index (χ4v) is 2.44. The van der Waals surface area contributed by atoms with Crippen molar-refractivity contribution >= 4 is 24.0 Å². The highest BCUT2D eigenvalue weighted by molar-refractivity contribution is 5.92. The molecule has 0 unspecified atom stereocenters. The topological polar surface area (TPSA) is 147 Å². The first-order valence-electron chi connectivity index (χ1n) is 9.46. The Balaban J connectivity index is 0.00000420. The van der Waals surface area contributed by atoms with E-state index >= 15 is 0 Å². The molecule has 0 bridgehead atoms. The van der Waals surface area contributed by atoms with Crippen LogP contribution in [0.1, 0.15) is 36.8 Å². The van der Waals surface area contributed by atoms with Gasteiger partial charge < -0.3 is 21.6 Å². The summed E-state index contributed by atoms with van der Waals surface area (Å²) in [6.07, 6.45) is 17.2. The molecule has 0 atom stereocenters. The number of hydrogen-bond acceptors (Lipinski definition) is 4. The van der Waals surface area contributed by atoms with Gasteiger partial charge in [-0.2, -0.15) is 0 Å². The number of nitrogens with one attached hydrogen (secondary N) is 2. The van der Waals surface area contributed by atoms with Crippen LogP contribution < -0.4 is 10.6 Å². The van der Waals surface area contributed by atoms with Crippen LogP contribution in [-0.4, -0.2) is 45.8 Å². The van der Waals surface area contributed by atoms with Crippen molar-refractivity contribution in [3.63, 3.8) is 0 Å². The number of hydrogen-bond donors (Lipinski definition) is 2. The summed E-state index contributed by atoms with van der Waals surface area (Å²) >= 11 is 0. The summed E-state index contributed by atoms with van der Waals surface area (Å²) in [6.45, 7) is 1.31. The highest BCUT2D eigenvalue weighted by atomic mass is 16.2. The third-order valence-electron chi connectivity index (χ3n) is 3.97. The van der Waals surface area contributed by atoms with Crippen molar-refractivity contribution in [1.82, 2.24) is 20.6 Å². The smallest absolute Gasteiger partial charge is 0.243 e. The fourth-order valence-electron chi connectivity index (χ4n) is 2.44. The molecule has 30 heavy (non-hydrogen) atoms. The van der Waals surface area contributed by atoms with Crippen LogP contribution in [0.5, 0.6) is 0 Å². The summed E-state index contributed by atoms with van der Waals surface area (Å²) < 4.78 is 0. The number of carbonyl (C=O) groups is 2. The van der Waals surface area contributed by atoms with E-state index in [9.17, 15) is 9.59 Å². The second-order valence-corrected chi connectivity index (χ2v) is 6.22. The Morgan fingerprint density at radius 3 is 1.40 bits per heavy atom. The molecular weight excluding hydrogens is 384 g/mol. The van der Waals surface area contributed by atoms with Crippen molar-refractivity contribution < 1.29 is 20.5 Å². The molecule has 8 nitrogen and oxygen atoms in total. The first-order valence-corrected chi connectivity index (χ1v) is 9.46. The molecule has 2 amide bonds. The number of aromatic nitrogens is 2. The third kappa shape index (κ3) is 12.2. The van der Waals surface area contributed by atoms with Crippen LogP contribution in [-0.2, 0) is 9.59 Å². The standard InChI is InChI=1S/C22H26N4O2.2H2O/c27-21(7-5-19-9-15-23-16-10-19)25-13-3-1-2-4-14-26-22(28)8-6-20-11-17-24-18-12-20;;/h5-12,15-18H,1-4,13-14H2,(H,25,27)(H,26,28);2*1H2/b7-5+,8-6+;;. The first kappa shape index (κ1) is 26.6. The Bertz CT molecular complexity index is 713. The maximum absolute atomic E-state index is 11.7. The van der Waals surface area contributed by atoms with E-state index in [-0.39, 0.29) is 22.8 Å². The quantitative estimate of drug-likeness (QED) is 0.422. The van der Waals surface area contributed by atoms with Gasteiger partial charge in [0.05, 0.1) is 0 Å². The van der Waals surface area contributed by atoms with Crippen LogP contribution in [0.4, 0.5) is 0 Å². The molecule has 2 heterocycles. The van der Waals surface area contributed by atoms with Crippen LogP contribution in [0.2, 0.25) is 0 Å². The Hall–Kier alpha value is -3.36. The second kappa shape index (κ2) is 16.6. The molecule has 2 aromatic heterocycles. The van der Waals surface area contributed by atoms with Gasteiger partial charge in [-0.25, -0.2) is 0 Å². The van der Waals surface area contributed by atoms with Crippen LogP contribution in [0, 0.1) is 0 Å². The van der Waals surface area contributed by atoms with Crippen molar-refractivity contribution in [3.05, 3.63) is 72.3 Å². The number of amides is 2. The van der Waals surface area contributed by atoms with E-state index in [2.05, 4.69) is 20.6 Å². The average molecular weight is 415 g/mol. The number of pyridine rings is 2. The minimum atomic E-state index is -0.0925. The zero-order valence-corrected chi connectivity index (χ0v) is 16.9. The molecule has 8 heteroatoms. The van der Waals surface area contributed by atoms with E-state index in [1.54, 1.807) is 36.9 Å². The maximum atomic E-state index is 11.7. The molecule has 0 saturated heterocycles. The zero-order valence-electron chi connectivity index (χ0n) is 16.9. The van der Waals surface area contributed by atoms with E-state index in [0.717, 1.165) is 36.8 Å². The van der Waals surface area contributed by atoms with E-state index in [0.29, 0.717) is 13.1 Å². The van der Waals surface area contributed by atoms with Gasteiger partial charge in [-0.1, -0.05) is 12.8 Å². The van der Waals surface area contributed by atoms with Gasteiger partial charge in [0, 0.05) is 50.0 Å². The molecule has 0 aliphatic rings. The van der Waals surface area contributed by atoms with E-state index in [4.69, 9.17) is 0 Å². The van der Waals surface area contributed by atoms with E-state index in [1.165, 1.54) is 12.2 Å². The van der Waals surface area contributed by atoms with Gasteiger partial charge in [-0.15, -0.1) is 0 Å². The van der Waals surface area contributed by atoms with Gasteiger partial charge >= 0.3 is 0 Å². The van der Waals surface area contributed by atoms with Crippen LogP contribution in [0.25, 0.3) is 12.2 Å². The van der Waals surface area contributed by atoms with Gasteiger partial charge in [-0.05, 0) is 60.4 Å². The molecule has 162 valence electrons. The zero-order chi connectivity index (χ0) is 19.9.